The minimum Gasteiger partial charge on any atom is -0.315 e. The molecule has 0 unspecified atom stereocenters. The highest BCUT2D eigenvalue weighted by molar-refractivity contribution is 7.08. The highest BCUT2D eigenvalue weighted by Gasteiger charge is 2.21. The molecule has 0 aliphatic heterocycles. The van der Waals surface area contributed by atoms with E-state index >= 15 is 0 Å². The Labute approximate surface area is 183 Å². The fourth-order valence-corrected chi connectivity index (χ4v) is 3.95. The van der Waals surface area contributed by atoms with Crippen molar-refractivity contribution in [2.45, 2.75) is 26.8 Å². The van der Waals surface area contributed by atoms with Crippen LogP contribution in [0.3, 0.4) is 0 Å². The Morgan fingerprint density at radius 3 is 2.74 bits per heavy atom. The van der Waals surface area contributed by atoms with E-state index in [9.17, 15) is 9.59 Å². The van der Waals surface area contributed by atoms with Crippen LogP contribution in [0.2, 0.25) is 0 Å². The van der Waals surface area contributed by atoms with Gasteiger partial charge in [-0.15, -0.1) is 10.2 Å². The lowest BCUT2D eigenvalue weighted by molar-refractivity contribution is 0.102. The molecule has 0 saturated heterocycles. The summed E-state index contributed by atoms with van der Waals surface area (Å²) in [6.45, 7) is 5.89. The van der Waals surface area contributed by atoms with E-state index in [1.807, 2.05) is 48.2 Å². The fourth-order valence-electron chi connectivity index (χ4n) is 3.30. The van der Waals surface area contributed by atoms with Crippen molar-refractivity contribution in [2.24, 2.45) is 7.05 Å². The predicted octanol–water partition coefficient (Wildman–Crippen LogP) is 3.91. The number of hydrogen-bond donors (Lipinski definition) is 1. The van der Waals surface area contributed by atoms with Gasteiger partial charge in [0.15, 0.2) is 5.82 Å². The molecule has 0 saturated carbocycles. The molecule has 9 heteroatoms. The molecule has 0 aliphatic carbocycles. The number of hydrogen-bond acceptors (Lipinski definition) is 6. The number of amides is 1. The molecule has 8 nitrogen and oxygen atoms in total. The molecular weight excluding hydrogens is 412 g/mol. The summed E-state index contributed by atoms with van der Waals surface area (Å²) in [4.78, 5) is 30.7. The zero-order valence-corrected chi connectivity index (χ0v) is 18.5. The van der Waals surface area contributed by atoms with Gasteiger partial charge in [-0.05, 0) is 61.4 Å². The molecule has 0 fully saturated rings. The average molecular weight is 435 g/mol. The first kappa shape index (κ1) is 20.7. The van der Waals surface area contributed by atoms with Crippen LogP contribution in [-0.2, 0) is 7.05 Å². The third-order valence-corrected chi connectivity index (χ3v) is 5.76. The second-order valence-corrected chi connectivity index (χ2v) is 8.25. The maximum Gasteiger partial charge on any atom is 0.263 e. The van der Waals surface area contributed by atoms with Crippen LogP contribution in [0.5, 0.6) is 0 Å². The Hall–Kier alpha value is -3.59. The number of nitrogens with zero attached hydrogens (tertiary/aromatic N) is 5. The van der Waals surface area contributed by atoms with Crippen molar-refractivity contribution in [1.29, 1.82) is 0 Å². The largest absolute Gasteiger partial charge is 0.315 e. The van der Waals surface area contributed by atoms with Gasteiger partial charge in [0.1, 0.15) is 23.4 Å². The minimum atomic E-state index is -0.503. The van der Waals surface area contributed by atoms with Crippen LogP contribution in [0, 0.1) is 6.92 Å². The van der Waals surface area contributed by atoms with Crippen molar-refractivity contribution in [3.63, 3.8) is 0 Å². The van der Waals surface area contributed by atoms with Gasteiger partial charge in [0.25, 0.3) is 11.5 Å². The summed E-state index contributed by atoms with van der Waals surface area (Å²) in [7, 11) is 1.66. The van der Waals surface area contributed by atoms with Gasteiger partial charge in [0.2, 0.25) is 0 Å². The van der Waals surface area contributed by atoms with Crippen molar-refractivity contribution < 1.29 is 4.79 Å². The SMILES string of the molecule is Cc1cc(-c2ccsc2)c(C(=O)Nc2cccc(-c3nncn3C(C)C)n2)c(=O)n1C. The van der Waals surface area contributed by atoms with Gasteiger partial charge in [0, 0.05) is 24.3 Å². The number of carbonyl (C=O) groups excluding carboxylic acids is 1. The number of nitrogens with one attached hydrogen (secondary N) is 1. The summed E-state index contributed by atoms with van der Waals surface area (Å²) in [5.41, 5.74) is 2.53. The van der Waals surface area contributed by atoms with Gasteiger partial charge in [-0.3, -0.25) is 9.59 Å². The fraction of sp³-hybridized carbons (Fsp3) is 0.227. The average Bonchev–Trinajstić information content (AvgIpc) is 3.43. The van der Waals surface area contributed by atoms with Gasteiger partial charge >= 0.3 is 0 Å². The first-order chi connectivity index (χ1) is 14.9. The van der Waals surface area contributed by atoms with Crippen molar-refractivity contribution >= 4 is 23.1 Å². The molecule has 4 rings (SSSR count). The van der Waals surface area contributed by atoms with Gasteiger partial charge in [0.05, 0.1) is 0 Å². The minimum absolute atomic E-state index is 0.0871. The lowest BCUT2D eigenvalue weighted by atomic mass is 10.0. The van der Waals surface area contributed by atoms with E-state index in [1.54, 1.807) is 31.6 Å². The van der Waals surface area contributed by atoms with Crippen LogP contribution in [0.15, 0.2) is 52.2 Å². The number of carbonyl (C=O) groups is 1. The highest BCUT2D eigenvalue weighted by atomic mass is 32.1. The molecule has 4 aromatic heterocycles. The molecule has 158 valence electrons. The van der Waals surface area contributed by atoms with Crippen molar-refractivity contribution in [3.8, 4) is 22.6 Å². The van der Waals surface area contributed by atoms with E-state index in [0.29, 0.717) is 22.9 Å². The second kappa shape index (κ2) is 8.27. The first-order valence-corrected chi connectivity index (χ1v) is 10.7. The normalized spacial score (nSPS) is 11.1. The predicted molar refractivity (Wildman–Crippen MR) is 121 cm³/mol. The topological polar surface area (TPSA) is 94.7 Å². The number of rotatable bonds is 5. The summed E-state index contributed by atoms with van der Waals surface area (Å²) in [5, 5.41) is 14.7. The van der Waals surface area contributed by atoms with Crippen LogP contribution in [-0.4, -0.2) is 30.2 Å². The molecule has 0 bridgehead atoms. The molecule has 0 aromatic carbocycles. The first-order valence-electron chi connectivity index (χ1n) is 9.78. The Bertz CT molecular complexity index is 1300. The van der Waals surface area contributed by atoms with Crippen LogP contribution >= 0.6 is 11.3 Å². The molecule has 1 amide bonds. The van der Waals surface area contributed by atoms with E-state index in [1.165, 1.54) is 15.9 Å². The van der Waals surface area contributed by atoms with Crippen LogP contribution in [0.25, 0.3) is 22.6 Å². The van der Waals surface area contributed by atoms with Gasteiger partial charge in [-0.2, -0.15) is 11.3 Å². The van der Waals surface area contributed by atoms with E-state index in [2.05, 4.69) is 20.5 Å². The number of pyridine rings is 2. The molecule has 0 aliphatic rings. The maximum atomic E-state index is 13.2. The lowest BCUT2D eigenvalue weighted by Gasteiger charge is -2.13. The zero-order chi connectivity index (χ0) is 22.1. The van der Waals surface area contributed by atoms with E-state index in [4.69, 9.17) is 0 Å². The standard InChI is InChI=1S/C22H22N6O2S/c1-13(2)28-12-23-26-20(28)17-6-5-7-18(24-17)25-21(29)19-16(15-8-9-31-11-15)10-14(3)27(4)22(19)30/h5-13H,1-4H3,(H,24,25,29). The molecule has 0 spiro atoms. The van der Waals surface area contributed by atoms with E-state index < -0.39 is 5.91 Å². The Balaban J connectivity index is 1.73. The molecular formula is C22H22N6O2S. The van der Waals surface area contributed by atoms with Gasteiger partial charge in [-0.25, -0.2) is 4.98 Å². The summed E-state index contributed by atoms with van der Waals surface area (Å²) < 4.78 is 3.37. The van der Waals surface area contributed by atoms with Gasteiger partial charge in [-0.1, -0.05) is 6.07 Å². The molecule has 0 atom stereocenters. The molecule has 0 radical (unpaired) electrons. The zero-order valence-electron chi connectivity index (χ0n) is 17.7. The molecule has 31 heavy (non-hydrogen) atoms. The Morgan fingerprint density at radius 1 is 1.23 bits per heavy atom. The summed E-state index contributed by atoms with van der Waals surface area (Å²) >= 11 is 1.51. The third-order valence-electron chi connectivity index (χ3n) is 5.08. The summed E-state index contributed by atoms with van der Waals surface area (Å²) in [5.74, 6) is 0.438. The van der Waals surface area contributed by atoms with E-state index in [0.717, 1.165) is 11.3 Å². The number of anilines is 1. The maximum absolute atomic E-state index is 13.2. The smallest absolute Gasteiger partial charge is 0.263 e. The Kier molecular flexibility index (Phi) is 5.51. The molecule has 4 aromatic rings. The third kappa shape index (κ3) is 3.91. The van der Waals surface area contributed by atoms with Crippen molar-refractivity contribution in [3.05, 3.63) is 69.0 Å². The van der Waals surface area contributed by atoms with Crippen molar-refractivity contribution in [1.82, 2.24) is 24.3 Å². The summed E-state index contributed by atoms with van der Waals surface area (Å²) in [6.07, 6.45) is 1.65. The second-order valence-electron chi connectivity index (χ2n) is 7.47. The number of aryl methyl sites for hydroxylation is 1. The Morgan fingerprint density at radius 2 is 2.03 bits per heavy atom. The summed E-state index contributed by atoms with van der Waals surface area (Å²) in [6, 6.07) is 9.18. The molecule has 4 heterocycles. The van der Waals surface area contributed by atoms with Crippen LogP contribution in [0.4, 0.5) is 5.82 Å². The van der Waals surface area contributed by atoms with Crippen LogP contribution < -0.4 is 10.9 Å². The quantitative estimate of drug-likeness (QED) is 0.514. The van der Waals surface area contributed by atoms with Crippen molar-refractivity contribution in [2.75, 3.05) is 5.32 Å². The van der Waals surface area contributed by atoms with E-state index in [-0.39, 0.29) is 17.2 Å². The highest BCUT2D eigenvalue weighted by Crippen LogP contribution is 2.26. The monoisotopic (exact) mass is 434 g/mol. The van der Waals surface area contributed by atoms with Crippen LogP contribution in [0.1, 0.15) is 35.9 Å². The lowest BCUT2D eigenvalue weighted by Crippen LogP contribution is -2.30. The number of aromatic nitrogens is 5. The number of thiophene rings is 1. The van der Waals surface area contributed by atoms with Gasteiger partial charge < -0.3 is 14.5 Å². The molecule has 1 N–H and O–H groups in total.